The van der Waals surface area contributed by atoms with Gasteiger partial charge in [0.25, 0.3) is 0 Å². The summed E-state index contributed by atoms with van der Waals surface area (Å²) in [4.78, 5) is 4.82. The zero-order chi connectivity index (χ0) is 16.9. The predicted molar refractivity (Wildman–Crippen MR) is 98.2 cm³/mol. The van der Waals surface area contributed by atoms with E-state index in [0.29, 0.717) is 5.82 Å². The number of anilines is 1. The van der Waals surface area contributed by atoms with Gasteiger partial charge in [0.2, 0.25) is 0 Å². The van der Waals surface area contributed by atoms with E-state index in [4.69, 9.17) is 15.5 Å². The fraction of sp³-hybridized carbons (Fsp3) is 0.250. The lowest BCUT2D eigenvalue weighted by atomic mass is 10.1. The van der Waals surface area contributed by atoms with Gasteiger partial charge in [-0.05, 0) is 24.1 Å². The van der Waals surface area contributed by atoms with Crippen LogP contribution in [0.3, 0.4) is 0 Å². The molecule has 0 saturated heterocycles. The third-order valence-corrected chi connectivity index (χ3v) is 4.09. The van der Waals surface area contributed by atoms with Gasteiger partial charge in [-0.3, -0.25) is 0 Å². The maximum atomic E-state index is 6.47. The molecule has 4 heteroatoms. The first-order chi connectivity index (χ1) is 11.7. The molecule has 0 fully saturated rings. The Balaban J connectivity index is 2.03. The molecular weight excluding hydrogens is 298 g/mol. The van der Waals surface area contributed by atoms with E-state index in [9.17, 15) is 0 Å². The molecule has 0 amide bonds. The number of aromatic nitrogens is 2. The SMILES string of the molecule is CCCc1nc(-c2cccc(OC)c2)c(N)n1Cc1ccccc1. The third-order valence-electron chi connectivity index (χ3n) is 4.09. The number of benzene rings is 2. The molecule has 0 radical (unpaired) electrons. The summed E-state index contributed by atoms with van der Waals surface area (Å²) in [5.41, 5.74) is 9.49. The summed E-state index contributed by atoms with van der Waals surface area (Å²) in [7, 11) is 1.67. The first kappa shape index (κ1) is 16.1. The van der Waals surface area contributed by atoms with Gasteiger partial charge in [-0.15, -0.1) is 0 Å². The number of nitrogens with two attached hydrogens (primary N) is 1. The Morgan fingerprint density at radius 2 is 1.88 bits per heavy atom. The van der Waals surface area contributed by atoms with Crippen molar-refractivity contribution in [2.75, 3.05) is 12.8 Å². The van der Waals surface area contributed by atoms with Gasteiger partial charge in [-0.25, -0.2) is 4.98 Å². The minimum absolute atomic E-state index is 0.704. The zero-order valence-corrected chi connectivity index (χ0v) is 14.2. The highest BCUT2D eigenvalue weighted by Crippen LogP contribution is 2.30. The Labute approximate surface area is 142 Å². The summed E-state index contributed by atoms with van der Waals surface area (Å²) in [6.07, 6.45) is 1.93. The van der Waals surface area contributed by atoms with Crippen molar-refractivity contribution in [1.82, 2.24) is 9.55 Å². The number of imidazole rings is 1. The van der Waals surface area contributed by atoms with Crippen LogP contribution < -0.4 is 10.5 Å². The molecule has 3 rings (SSSR count). The molecule has 0 aliphatic heterocycles. The predicted octanol–water partition coefficient (Wildman–Crippen LogP) is 4.14. The van der Waals surface area contributed by atoms with Crippen molar-refractivity contribution in [3.8, 4) is 17.0 Å². The largest absolute Gasteiger partial charge is 0.497 e. The summed E-state index contributed by atoms with van der Waals surface area (Å²) in [5, 5.41) is 0. The molecule has 3 aromatic rings. The first-order valence-corrected chi connectivity index (χ1v) is 8.26. The quantitative estimate of drug-likeness (QED) is 0.742. The van der Waals surface area contributed by atoms with E-state index in [2.05, 4.69) is 23.6 Å². The number of methoxy groups -OCH3 is 1. The summed E-state index contributed by atoms with van der Waals surface area (Å²) in [5.74, 6) is 2.54. The number of rotatable bonds is 6. The monoisotopic (exact) mass is 321 g/mol. The van der Waals surface area contributed by atoms with Crippen LogP contribution in [0.5, 0.6) is 5.75 Å². The molecule has 2 aromatic carbocycles. The second kappa shape index (κ2) is 7.21. The van der Waals surface area contributed by atoms with Gasteiger partial charge < -0.3 is 15.0 Å². The average Bonchev–Trinajstić information content (AvgIpc) is 2.93. The van der Waals surface area contributed by atoms with Crippen LogP contribution in [0, 0.1) is 0 Å². The molecule has 0 aliphatic rings. The van der Waals surface area contributed by atoms with Crippen molar-refractivity contribution >= 4 is 5.82 Å². The van der Waals surface area contributed by atoms with E-state index in [1.54, 1.807) is 7.11 Å². The lowest BCUT2D eigenvalue weighted by Gasteiger charge is -2.10. The van der Waals surface area contributed by atoms with Gasteiger partial charge >= 0.3 is 0 Å². The molecule has 4 nitrogen and oxygen atoms in total. The van der Waals surface area contributed by atoms with Gasteiger partial charge in [-0.2, -0.15) is 0 Å². The smallest absolute Gasteiger partial charge is 0.132 e. The number of nitrogens with zero attached hydrogens (tertiary/aromatic N) is 2. The number of aryl methyl sites for hydroxylation is 1. The van der Waals surface area contributed by atoms with Crippen molar-refractivity contribution in [3.05, 3.63) is 66.0 Å². The van der Waals surface area contributed by atoms with E-state index in [1.807, 2.05) is 42.5 Å². The standard InChI is InChI=1S/C20H23N3O/c1-3-8-18-22-19(16-11-7-12-17(13-16)24-2)20(21)23(18)14-15-9-5-4-6-10-15/h4-7,9-13H,3,8,14,21H2,1-2H3. The fourth-order valence-electron chi connectivity index (χ4n) is 2.85. The highest BCUT2D eigenvalue weighted by atomic mass is 16.5. The Bertz CT molecular complexity index is 809. The molecule has 0 bridgehead atoms. The van der Waals surface area contributed by atoms with Crippen LogP contribution in [0.25, 0.3) is 11.3 Å². The molecule has 1 aromatic heterocycles. The van der Waals surface area contributed by atoms with Crippen LogP contribution in [0.4, 0.5) is 5.82 Å². The maximum absolute atomic E-state index is 6.47. The maximum Gasteiger partial charge on any atom is 0.132 e. The average molecular weight is 321 g/mol. The number of ether oxygens (including phenoxy) is 1. The van der Waals surface area contributed by atoms with Gasteiger partial charge in [-0.1, -0.05) is 49.4 Å². The van der Waals surface area contributed by atoms with Crippen molar-refractivity contribution in [1.29, 1.82) is 0 Å². The van der Waals surface area contributed by atoms with Crippen molar-refractivity contribution in [3.63, 3.8) is 0 Å². The Morgan fingerprint density at radius 1 is 1.08 bits per heavy atom. The van der Waals surface area contributed by atoms with Gasteiger partial charge in [0.05, 0.1) is 13.7 Å². The Morgan fingerprint density at radius 3 is 2.58 bits per heavy atom. The van der Waals surface area contributed by atoms with Crippen LogP contribution in [-0.4, -0.2) is 16.7 Å². The molecule has 24 heavy (non-hydrogen) atoms. The van der Waals surface area contributed by atoms with Crippen molar-refractivity contribution in [2.45, 2.75) is 26.3 Å². The second-order valence-corrected chi connectivity index (χ2v) is 5.82. The Kier molecular flexibility index (Phi) is 4.85. The number of hydrogen-bond acceptors (Lipinski definition) is 3. The molecule has 124 valence electrons. The van der Waals surface area contributed by atoms with Crippen molar-refractivity contribution < 1.29 is 4.74 Å². The molecule has 0 atom stereocenters. The van der Waals surface area contributed by atoms with Crippen LogP contribution in [0.15, 0.2) is 54.6 Å². The van der Waals surface area contributed by atoms with Gasteiger partial charge in [0.1, 0.15) is 23.1 Å². The van der Waals surface area contributed by atoms with E-state index in [0.717, 1.165) is 42.2 Å². The van der Waals surface area contributed by atoms with Crippen LogP contribution in [-0.2, 0) is 13.0 Å². The van der Waals surface area contributed by atoms with Crippen LogP contribution in [0.1, 0.15) is 24.7 Å². The summed E-state index contributed by atoms with van der Waals surface area (Å²) < 4.78 is 7.44. The Hall–Kier alpha value is -2.75. The van der Waals surface area contributed by atoms with E-state index >= 15 is 0 Å². The zero-order valence-electron chi connectivity index (χ0n) is 14.2. The third kappa shape index (κ3) is 3.27. The molecule has 0 unspecified atom stereocenters. The lowest BCUT2D eigenvalue weighted by Crippen LogP contribution is -2.08. The lowest BCUT2D eigenvalue weighted by molar-refractivity contribution is 0.415. The second-order valence-electron chi connectivity index (χ2n) is 5.82. The normalized spacial score (nSPS) is 10.8. The first-order valence-electron chi connectivity index (χ1n) is 8.26. The van der Waals surface area contributed by atoms with Crippen LogP contribution in [0.2, 0.25) is 0 Å². The molecule has 1 heterocycles. The minimum Gasteiger partial charge on any atom is -0.497 e. The van der Waals surface area contributed by atoms with E-state index in [1.165, 1.54) is 5.56 Å². The molecular formula is C20H23N3O. The van der Waals surface area contributed by atoms with Gasteiger partial charge in [0, 0.05) is 12.0 Å². The molecule has 2 N–H and O–H groups in total. The van der Waals surface area contributed by atoms with E-state index < -0.39 is 0 Å². The van der Waals surface area contributed by atoms with Gasteiger partial charge in [0.15, 0.2) is 0 Å². The molecule has 0 saturated carbocycles. The van der Waals surface area contributed by atoms with Crippen molar-refractivity contribution in [2.24, 2.45) is 0 Å². The topological polar surface area (TPSA) is 53.1 Å². The summed E-state index contributed by atoms with van der Waals surface area (Å²) in [6.45, 7) is 2.89. The fourth-order valence-corrected chi connectivity index (χ4v) is 2.85. The van der Waals surface area contributed by atoms with Crippen LogP contribution >= 0.6 is 0 Å². The number of hydrogen-bond donors (Lipinski definition) is 1. The van der Waals surface area contributed by atoms with E-state index in [-0.39, 0.29) is 0 Å². The highest BCUT2D eigenvalue weighted by molar-refractivity contribution is 5.72. The summed E-state index contributed by atoms with van der Waals surface area (Å²) in [6, 6.07) is 18.2. The minimum atomic E-state index is 0.704. The molecule has 0 spiro atoms. The summed E-state index contributed by atoms with van der Waals surface area (Å²) >= 11 is 0. The highest BCUT2D eigenvalue weighted by Gasteiger charge is 2.16. The molecule has 0 aliphatic carbocycles. The number of nitrogen functional groups attached to an aromatic ring is 1.